The minimum atomic E-state index is -0.186. The minimum Gasteiger partial charge on any atom is -0.274 e. The van der Waals surface area contributed by atoms with Crippen molar-refractivity contribution >= 4 is 22.8 Å². The molecule has 5 heteroatoms. The summed E-state index contributed by atoms with van der Waals surface area (Å²) in [6.07, 6.45) is 4.16. The molecule has 2 aromatic heterocycles. The van der Waals surface area contributed by atoms with E-state index in [4.69, 9.17) is 0 Å². The van der Waals surface area contributed by atoms with Crippen molar-refractivity contribution in [2.75, 3.05) is 6.54 Å². The first-order valence-corrected chi connectivity index (χ1v) is 8.40. The topological polar surface area (TPSA) is 63.2 Å². The highest BCUT2D eigenvalue weighted by atomic mass is 16.2. The number of aryl methyl sites for hydroxylation is 1. The highest BCUT2D eigenvalue weighted by molar-refractivity contribution is 6.21. The van der Waals surface area contributed by atoms with E-state index in [9.17, 15) is 9.59 Å². The van der Waals surface area contributed by atoms with E-state index in [1.807, 2.05) is 24.3 Å². The molecule has 1 aromatic carbocycles. The maximum Gasteiger partial charge on any atom is 0.261 e. The minimum absolute atomic E-state index is 0.186. The summed E-state index contributed by atoms with van der Waals surface area (Å²) in [6.45, 7) is 0.443. The molecule has 0 radical (unpaired) electrons. The lowest BCUT2D eigenvalue weighted by atomic mass is 10.1. The van der Waals surface area contributed by atoms with Crippen molar-refractivity contribution in [1.29, 1.82) is 0 Å². The fourth-order valence-electron chi connectivity index (χ4n) is 3.15. The molecule has 1 aliphatic heterocycles. The second-order valence-electron chi connectivity index (χ2n) is 6.12. The van der Waals surface area contributed by atoms with Gasteiger partial charge in [0.15, 0.2) is 5.65 Å². The highest BCUT2D eigenvalue weighted by Crippen LogP contribution is 2.22. The number of fused-ring (bicyclic) bond motifs is 2. The number of aromatic nitrogens is 2. The normalized spacial score (nSPS) is 13.5. The van der Waals surface area contributed by atoms with Gasteiger partial charge in [-0.25, -0.2) is 9.97 Å². The Balaban J connectivity index is 1.35. The van der Waals surface area contributed by atoms with E-state index in [0.717, 1.165) is 36.0 Å². The van der Waals surface area contributed by atoms with E-state index in [0.29, 0.717) is 17.7 Å². The fraction of sp³-hybridized carbons (Fsp3) is 0.200. The molecule has 0 N–H and O–H groups in total. The van der Waals surface area contributed by atoms with Gasteiger partial charge in [-0.2, -0.15) is 0 Å². The predicted molar refractivity (Wildman–Crippen MR) is 94.3 cm³/mol. The number of hydrogen-bond acceptors (Lipinski definition) is 4. The van der Waals surface area contributed by atoms with Crippen LogP contribution in [0.4, 0.5) is 0 Å². The standard InChI is InChI=1S/C20H17N3O2/c24-19-16-8-1-2-9-17(16)20(25)23(19)13-4-3-7-15-11-10-14-6-5-12-21-18(14)22-15/h1-2,5-6,8-12H,3-4,7,13H2. The summed E-state index contributed by atoms with van der Waals surface area (Å²) in [5.41, 5.74) is 2.75. The van der Waals surface area contributed by atoms with Crippen molar-refractivity contribution in [3.63, 3.8) is 0 Å². The van der Waals surface area contributed by atoms with Crippen molar-refractivity contribution < 1.29 is 9.59 Å². The highest BCUT2D eigenvalue weighted by Gasteiger charge is 2.34. The third-order valence-corrected chi connectivity index (χ3v) is 4.46. The Hall–Kier alpha value is -3.08. The Kier molecular flexibility index (Phi) is 3.98. The van der Waals surface area contributed by atoms with Crippen molar-refractivity contribution in [2.24, 2.45) is 0 Å². The molecule has 124 valence electrons. The van der Waals surface area contributed by atoms with Crippen LogP contribution < -0.4 is 0 Å². The van der Waals surface area contributed by atoms with Gasteiger partial charge in [-0.3, -0.25) is 14.5 Å². The smallest absolute Gasteiger partial charge is 0.261 e. The molecule has 4 rings (SSSR count). The monoisotopic (exact) mass is 331 g/mol. The number of amides is 2. The van der Waals surface area contributed by atoms with E-state index in [1.165, 1.54) is 4.90 Å². The van der Waals surface area contributed by atoms with Crippen LogP contribution in [-0.4, -0.2) is 33.2 Å². The Bertz CT molecular complexity index is 933. The second kappa shape index (κ2) is 6.43. The zero-order valence-electron chi connectivity index (χ0n) is 13.7. The van der Waals surface area contributed by atoms with Gasteiger partial charge in [0.1, 0.15) is 0 Å². The Morgan fingerprint density at radius 1 is 0.840 bits per heavy atom. The molecule has 3 aromatic rings. The van der Waals surface area contributed by atoms with Crippen LogP contribution in [0.15, 0.2) is 54.7 Å². The zero-order valence-corrected chi connectivity index (χ0v) is 13.7. The molecule has 25 heavy (non-hydrogen) atoms. The quantitative estimate of drug-likeness (QED) is 0.532. The van der Waals surface area contributed by atoms with E-state index in [2.05, 4.69) is 9.97 Å². The summed E-state index contributed by atoms with van der Waals surface area (Å²) in [6, 6.07) is 14.9. The van der Waals surface area contributed by atoms with E-state index < -0.39 is 0 Å². The van der Waals surface area contributed by atoms with Crippen LogP contribution in [0.3, 0.4) is 0 Å². The van der Waals surface area contributed by atoms with Crippen molar-refractivity contribution in [3.8, 4) is 0 Å². The average Bonchev–Trinajstić information content (AvgIpc) is 2.90. The maximum absolute atomic E-state index is 12.3. The SMILES string of the molecule is O=C1c2ccccc2C(=O)N1CCCCc1ccc2cccnc2n1. The number of benzene rings is 1. The molecule has 0 fully saturated rings. The van der Waals surface area contributed by atoms with Gasteiger partial charge in [-0.05, 0) is 55.7 Å². The first-order chi connectivity index (χ1) is 12.2. The first kappa shape index (κ1) is 15.4. The maximum atomic E-state index is 12.3. The van der Waals surface area contributed by atoms with Crippen molar-refractivity contribution in [1.82, 2.24) is 14.9 Å². The van der Waals surface area contributed by atoms with Crippen LogP contribution in [0.5, 0.6) is 0 Å². The lowest BCUT2D eigenvalue weighted by molar-refractivity contribution is 0.0652. The lowest BCUT2D eigenvalue weighted by Gasteiger charge is -2.13. The molecule has 0 unspecified atom stereocenters. The third kappa shape index (κ3) is 2.89. The number of carbonyl (C=O) groups excluding carboxylic acids is 2. The van der Waals surface area contributed by atoms with Crippen LogP contribution in [0, 0.1) is 0 Å². The summed E-state index contributed by atoms with van der Waals surface area (Å²) in [5, 5.41) is 1.03. The molecule has 0 spiro atoms. The van der Waals surface area contributed by atoms with E-state index >= 15 is 0 Å². The molecule has 0 saturated heterocycles. The van der Waals surface area contributed by atoms with Gasteiger partial charge in [0.05, 0.1) is 11.1 Å². The Labute approximate surface area is 145 Å². The number of nitrogens with zero attached hydrogens (tertiary/aromatic N) is 3. The van der Waals surface area contributed by atoms with Crippen LogP contribution in [0.2, 0.25) is 0 Å². The molecule has 5 nitrogen and oxygen atoms in total. The van der Waals surface area contributed by atoms with Gasteiger partial charge in [-0.15, -0.1) is 0 Å². The predicted octanol–water partition coefficient (Wildman–Crippen LogP) is 3.25. The van der Waals surface area contributed by atoms with E-state index in [-0.39, 0.29) is 11.8 Å². The Morgan fingerprint density at radius 3 is 2.36 bits per heavy atom. The largest absolute Gasteiger partial charge is 0.274 e. The van der Waals surface area contributed by atoms with Gasteiger partial charge >= 0.3 is 0 Å². The van der Waals surface area contributed by atoms with Crippen LogP contribution in [0.25, 0.3) is 11.0 Å². The summed E-state index contributed by atoms with van der Waals surface area (Å²) in [7, 11) is 0. The summed E-state index contributed by atoms with van der Waals surface area (Å²) < 4.78 is 0. The Morgan fingerprint density at radius 2 is 1.60 bits per heavy atom. The zero-order chi connectivity index (χ0) is 17.2. The van der Waals surface area contributed by atoms with Crippen LogP contribution in [-0.2, 0) is 6.42 Å². The third-order valence-electron chi connectivity index (χ3n) is 4.46. The molecular formula is C20H17N3O2. The number of carbonyl (C=O) groups is 2. The number of pyridine rings is 2. The van der Waals surface area contributed by atoms with Gasteiger partial charge in [-0.1, -0.05) is 12.1 Å². The van der Waals surface area contributed by atoms with Crippen LogP contribution in [0.1, 0.15) is 39.3 Å². The van der Waals surface area contributed by atoms with Gasteiger partial charge in [0, 0.05) is 23.8 Å². The molecule has 0 atom stereocenters. The van der Waals surface area contributed by atoms with Crippen molar-refractivity contribution in [3.05, 3.63) is 71.5 Å². The molecule has 1 aliphatic rings. The molecule has 3 heterocycles. The molecule has 0 aliphatic carbocycles. The van der Waals surface area contributed by atoms with Crippen LogP contribution >= 0.6 is 0 Å². The summed E-state index contributed by atoms with van der Waals surface area (Å²) >= 11 is 0. The molecule has 2 amide bonds. The molecular weight excluding hydrogens is 314 g/mol. The summed E-state index contributed by atoms with van der Waals surface area (Å²) in [4.78, 5) is 34.8. The second-order valence-corrected chi connectivity index (χ2v) is 6.12. The average molecular weight is 331 g/mol. The van der Waals surface area contributed by atoms with Crippen molar-refractivity contribution in [2.45, 2.75) is 19.3 Å². The van der Waals surface area contributed by atoms with Gasteiger partial charge in [0.2, 0.25) is 0 Å². The van der Waals surface area contributed by atoms with Gasteiger partial charge < -0.3 is 0 Å². The summed E-state index contributed by atoms with van der Waals surface area (Å²) in [5.74, 6) is -0.373. The van der Waals surface area contributed by atoms with Gasteiger partial charge in [0.25, 0.3) is 11.8 Å². The fourth-order valence-corrected chi connectivity index (χ4v) is 3.15. The number of hydrogen-bond donors (Lipinski definition) is 0. The molecule has 0 saturated carbocycles. The lowest BCUT2D eigenvalue weighted by Crippen LogP contribution is -2.30. The van der Waals surface area contributed by atoms with E-state index in [1.54, 1.807) is 30.5 Å². The number of imide groups is 1. The first-order valence-electron chi connectivity index (χ1n) is 8.40. The molecule has 0 bridgehead atoms. The number of unbranched alkanes of at least 4 members (excludes halogenated alkanes) is 1. The number of rotatable bonds is 5.